The van der Waals surface area contributed by atoms with E-state index in [0.29, 0.717) is 10.7 Å². The Bertz CT molecular complexity index is 810. The Labute approximate surface area is 147 Å². The first-order valence-electron chi connectivity index (χ1n) is 7.17. The minimum absolute atomic E-state index is 0.130. The van der Waals surface area contributed by atoms with Crippen LogP contribution in [0, 0.1) is 6.92 Å². The molecule has 0 saturated heterocycles. The van der Waals surface area contributed by atoms with E-state index in [1.54, 1.807) is 0 Å². The van der Waals surface area contributed by atoms with Gasteiger partial charge < -0.3 is 0 Å². The molecule has 1 aromatic heterocycles. The van der Waals surface area contributed by atoms with Crippen LogP contribution in [0.2, 0.25) is 0 Å². The fraction of sp³-hybridized carbons (Fsp3) is 0.111. The zero-order valence-corrected chi connectivity index (χ0v) is 14.9. The van der Waals surface area contributed by atoms with E-state index in [2.05, 4.69) is 38.4 Å². The molecule has 0 bridgehead atoms. The van der Waals surface area contributed by atoms with Gasteiger partial charge in [0.15, 0.2) is 5.13 Å². The third kappa shape index (κ3) is 4.27. The van der Waals surface area contributed by atoms with E-state index in [0.717, 1.165) is 21.3 Å². The molecule has 0 unspecified atom stereocenters. The molecule has 0 saturated carbocycles. The van der Waals surface area contributed by atoms with Crippen molar-refractivity contribution in [1.82, 2.24) is 4.98 Å². The summed E-state index contributed by atoms with van der Waals surface area (Å²) in [5.41, 5.74) is 2.99. The van der Waals surface area contributed by atoms with E-state index in [1.165, 1.54) is 16.9 Å². The summed E-state index contributed by atoms with van der Waals surface area (Å²) in [6, 6.07) is 15.7. The maximum atomic E-state index is 12.2. The summed E-state index contributed by atoms with van der Waals surface area (Å²) in [6.07, 6.45) is 2.63. The number of rotatable bonds is 4. The van der Waals surface area contributed by atoms with Gasteiger partial charge in [0.1, 0.15) is 0 Å². The molecule has 0 spiro atoms. The summed E-state index contributed by atoms with van der Waals surface area (Å²) in [5, 5.41) is 3.48. The number of amides is 1. The topological polar surface area (TPSA) is 42.0 Å². The maximum Gasteiger partial charge on any atom is 0.257 e. The summed E-state index contributed by atoms with van der Waals surface area (Å²) >= 11 is 4.93. The molecule has 116 valence electrons. The van der Waals surface area contributed by atoms with Crippen LogP contribution < -0.4 is 5.32 Å². The van der Waals surface area contributed by atoms with Gasteiger partial charge in [-0.15, -0.1) is 11.3 Å². The molecule has 1 amide bonds. The van der Waals surface area contributed by atoms with Gasteiger partial charge in [0, 0.05) is 27.5 Å². The van der Waals surface area contributed by atoms with Gasteiger partial charge in [-0.2, -0.15) is 0 Å². The number of benzene rings is 2. The number of carbonyl (C=O) groups is 1. The number of carbonyl (C=O) groups excluding carboxylic acids is 1. The molecule has 1 heterocycles. The van der Waals surface area contributed by atoms with Gasteiger partial charge in [0.25, 0.3) is 5.91 Å². The summed E-state index contributed by atoms with van der Waals surface area (Å²) in [5.74, 6) is -0.130. The number of hydrogen-bond acceptors (Lipinski definition) is 3. The number of halogens is 1. The van der Waals surface area contributed by atoms with Crippen LogP contribution in [0.25, 0.3) is 0 Å². The number of nitrogens with one attached hydrogen (secondary N) is 1. The van der Waals surface area contributed by atoms with Crippen molar-refractivity contribution in [3.8, 4) is 0 Å². The average Bonchev–Trinajstić information content (AvgIpc) is 2.97. The molecule has 0 aliphatic carbocycles. The maximum absolute atomic E-state index is 12.2. The Hall–Kier alpha value is -1.98. The second-order valence-electron chi connectivity index (χ2n) is 5.26. The lowest BCUT2D eigenvalue weighted by molar-refractivity contribution is 0.102. The van der Waals surface area contributed by atoms with Crippen LogP contribution in [0.15, 0.2) is 59.2 Å². The highest BCUT2D eigenvalue weighted by molar-refractivity contribution is 9.10. The van der Waals surface area contributed by atoms with E-state index in [9.17, 15) is 4.79 Å². The molecule has 0 fully saturated rings. The molecule has 0 atom stereocenters. The molecule has 2 aromatic carbocycles. The van der Waals surface area contributed by atoms with Gasteiger partial charge in [0.05, 0.1) is 0 Å². The third-order valence-corrected chi connectivity index (χ3v) is 4.82. The van der Waals surface area contributed by atoms with Gasteiger partial charge in [-0.05, 0) is 36.8 Å². The van der Waals surface area contributed by atoms with Gasteiger partial charge in [-0.25, -0.2) is 4.98 Å². The molecule has 0 radical (unpaired) electrons. The van der Waals surface area contributed by atoms with Crippen molar-refractivity contribution in [2.75, 3.05) is 5.32 Å². The predicted molar refractivity (Wildman–Crippen MR) is 98.2 cm³/mol. The molecule has 1 N–H and O–H groups in total. The van der Waals surface area contributed by atoms with Crippen molar-refractivity contribution >= 4 is 38.3 Å². The lowest BCUT2D eigenvalue weighted by Crippen LogP contribution is -2.11. The molecule has 0 aliphatic rings. The predicted octanol–water partition coefficient (Wildman–Crippen LogP) is 5.06. The first-order chi connectivity index (χ1) is 11.1. The highest BCUT2D eigenvalue weighted by Gasteiger charge is 2.09. The summed E-state index contributed by atoms with van der Waals surface area (Å²) in [6.45, 7) is 2.00. The summed E-state index contributed by atoms with van der Waals surface area (Å²) < 4.78 is 1.07. The monoisotopic (exact) mass is 386 g/mol. The minimum Gasteiger partial charge on any atom is -0.298 e. The van der Waals surface area contributed by atoms with Crippen LogP contribution >= 0.6 is 27.3 Å². The third-order valence-electron chi connectivity index (χ3n) is 3.38. The number of aryl methyl sites for hydroxylation is 1. The van der Waals surface area contributed by atoms with E-state index in [-0.39, 0.29) is 5.91 Å². The second kappa shape index (κ2) is 7.06. The fourth-order valence-electron chi connectivity index (χ4n) is 2.12. The van der Waals surface area contributed by atoms with Crippen molar-refractivity contribution in [2.24, 2.45) is 0 Å². The first-order valence-corrected chi connectivity index (χ1v) is 8.78. The van der Waals surface area contributed by atoms with Crippen molar-refractivity contribution in [3.05, 3.63) is 80.8 Å². The Kier molecular flexibility index (Phi) is 4.88. The quantitative estimate of drug-likeness (QED) is 0.680. The normalized spacial score (nSPS) is 10.5. The van der Waals surface area contributed by atoms with Crippen LogP contribution in [0.1, 0.15) is 26.4 Å². The largest absolute Gasteiger partial charge is 0.298 e. The Morgan fingerprint density at radius 3 is 2.52 bits per heavy atom. The molecular formula is C18H15BrN2OS. The zero-order chi connectivity index (χ0) is 16.2. The van der Waals surface area contributed by atoms with Crippen LogP contribution in [0.4, 0.5) is 5.13 Å². The molecule has 3 nitrogen and oxygen atoms in total. The first kappa shape index (κ1) is 15.9. The molecule has 3 rings (SSSR count). The fourth-order valence-corrected chi connectivity index (χ4v) is 3.23. The van der Waals surface area contributed by atoms with Gasteiger partial charge in [-0.3, -0.25) is 10.1 Å². The smallest absolute Gasteiger partial charge is 0.257 e. The Morgan fingerprint density at radius 2 is 1.83 bits per heavy atom. The number of thiazole rings is 1. The molecule has 0 aliphatic heterocycles. The van der Waals surface area contributed by atoms with Crippen LogP contribution in [0.5, 0.6) is 0 Å². The highest BCUT2D eigenvalue weighted by atomic mass is 79.9. The number of nitrogens with zero attached hydrogens (tertiary/aromatic N) is 1. The van der Waals surface area contributed by atoms with Crippen molar-refractivity contribution in [1.29, 1.82) is 0 Å². The van der Waals surface area contributed by atoms with Crippen molar-refractivity contribution in [2.45, 2.75) is 13.3 Å². The number of aromatic nitrogens is 1. The number of anilines is 1. The van der Waals surface area contributed by atoms with Crippen LogP contribution in [-0.2, 0) is 6.42 Å². The second-order valence-corrected chi connectivity index (χ2v) is 7.29. The van der Waals surface area contributed by atoms with Gasteiger partial charge >= 0.3 is 0 Å². The molecular weight excluding hydrogens is 372 g/mol. The molecule has 23 heavy (non-hydrogen) atoms. The Balaban J connectivity index is 1.66. The van der Waals surface area contributed by atoms with Crippen molar-refractivity contribution < 1.29 is 4.79 Å². The SMILES string of the molecule is Cc1ccc(C(=O)Nc2ncc(Cc3ccc(Br)cc3)s2)cc1. The number of hydrogen-bond donors (Lipinski definition) is 1. The minimum atomic E-state index is -0.130. The van der Waals surface area contributed by atoms with Crippen molar-refractivity contribution in [3.63, 3.8) is 0 Å². The molecule has 5 heteroatoms. The van der Waals surface area contributed by atoms with E-state index in [1.807, 2.05) is 49.5 Å². The van der Waals surface area contributed by atoms with E-state index < -0.39 is 0 Å². The highest BCUT2D eigenvalue weighted by Crippen LogP contribution is 2.22. The summed E-state index contributed by atoms with van der Waals surface area (Å²) in [7, 11) is 0. The summed E-state index contributed by atoms with van der Waals surface area (Å²) in [4.78, 5) is 17.6. The van der Waals surface area contributed by atoms with Gasteiger partial charge in [-0.1, -0.05) is 45.8 Å². The lowest BCUT2D eigenvalue weighted by Gasteiger charge is -2.02. The lowest BCUT2D eigenvalue weighted by atomic mass is 10.1. The standard InChI is InChI=1S/C18H15BrN2OS/c1-12-2-6-14(7-3-12)17(22)21-18-20-11-16(23-18)10-13-4-8-15(19)9-5-13/h2-9,11H,10H2,1H3,(H,20,21,22). The van der Waals surface area contributed by atoms with E-state index in [4.69, 9.17) is 0 Å². The van der Waals surface area contributed by atoms with Crippen LogP contribution in [-0.4, -0.2) is 10.9 Å². The zero-order valence-electron chi connectivity index (χ0n) is 12.5. The van der Waals surface area contributed by atoms with E-state index >= 15 is 0 Å². The molecule has 3 aromatic rings. The van der Waals surface area contributed by atoms with Gasteiger partial charge in [0.2, 0.25) is 0 Å². The Morgan fingerprint density at radius 1 is 1.13 bits per heavy atom. The average molecular weight is 387 g/mol. The van der Waals surface area contributed by atoms with Crippen LogP contribution in [0.3, 0.4) is 0 Å².